The molecule has 1 amide bonds. The lowest BCUT2D eigenvalue weighted by molar-refractivity contribution is -0.152. The Balaban J connectivity index is 1.81. The summed E-state index contributed by atoms with van der Waals surface area (Å²) in [6, 6.07) is 12.4. The highest BCUT2D eigenvalue weighted by Gasteiger charge is 2.48. The zero-order valence-electron chi connectivity index (χ0n) is 13.4. The van der Waals surface area contributed by atoms with E-state index in [4.69, 9.17) is 4.84 Å². The van der Waals surface area contributed by atoms with Crippen LogP contribution < -0.4 is 5.32 Å². The highest BCUT2D eigenvalue weighted by molar-refractivity contribution is 9.10. The minimum atomic E-state index is -1.66. The van der Waals surface area contributed by atoms with Gasteiger partial charge in [-0.2, -0.15) is 0 Å². The van der Waals surface area contributed by atoms with Crippen molar-refractivity contribution < 1.29 is 23.9 Å². The van der Waals surface area contributed by atoms with Gasteiger partial charge in [0, 0.05) is 16.6 Å². The fourth-order valence-corrected chi connectivity index (χ4v) is 2.86. The van der Waals surface area contributed by atoms with Crippen LogP contribution in [0.3, 0.4) is 0 Å². The van der Waals surface area contributed by atoms with E-state index < -0.39 is 29.7 Å². The molecule has 1 aliphatic heterocycles. The third kappa shape index (κ3) is 3.91. The topological polar surface area (TPSA) is 88.0 Å². The van der Waals surface area contributed by atoms with E-state index in [0.717, 1.165) is 10.0 Å². The first-order valence-corrected chi connectivity index (χ1v) is 8.47. The first kappa shape index (κ1) is 18.1. The number of carboxylic acids is 1. The van der Waals surface area contributed by atoms with E-state index in [2.05, 4.69) is 26.4 Å². The summed E-state index contributed by atoms with van der Waals surface area (Å²) in [6.07, 6.45) is -0.544. The van der Waals surface area contributed by atoms with E-state index in [1.54, 1.807) is 12.1 Å². The Bertz CT molecular complexity index is 868. The highest BCUT2D eigenvalue weighted by Crippen LogP contribution is 2.32. The van der Waals surface area contributed by atoms with Gasteiger partial charge in [-0.25, -0.2) is 4.39 Å². The van der Waals surface area contributed by atoms with Crippen molar-refractivity contribution in [3.05, 3.63) is 64.4 Å². The third-order valence-corrected chi connectivity index (χ3v) is 4.44. The van der Waals surface area contributed by atoms with Crippen LogP contribution in [0.2, 0.25) is 0 Å². The van der Waals surface area contributed by atoms with Crippen LogP contribution in [0.5, 0.6) is 0 Å². The molecule has 0 aliphatic carbocycles. The van der Waals surface area contributed by atoms with E-state index in [9.17, 15) is 19.1 Å². The molecule has 2 aromatic carbocycles. The Morgan fingerprint density at radius 2 is 1.85 bits per heavy atom. The number of benzene rings is 2. The van der Waals surface area contributed by atoms with Crippen molar-refractivity contribution in [3.8, 4) is 0 Å². The number of aliphatic carboxylic acids is 1. The van der Waals surface area contributed by atoms with Crippen molar-refractivity contribution >= 4 is 39.2 Å². The zero-order chi connectivity index (χ0) is 18.7. The summed E-state index contributed by atoms with van der Waals surface area (Å²) in [5, 5.41) is 15.7. The van der Waals surface area contributed by atoms with E-state index in [0.29, 0.717) is 11.4 Å². The van der Waals surface area contributed by atoms with Gasteiger partial charge in [-0.05, 0) is 42.0 Å². The monoisotopic (exact) mass is 420 g/mol. The summed E-state index contributed by atoms with van der Waals surface area (Å²) < 4.78 is 13.9. The molecule has 0 saturated heterocycles. The lowest BCUT2D eigenvalue weighted by Crippen LogP contribution is -2.45. The molecule has 1 atom stereocenters. The first-order chi connectivity index (χ1) is 12.4. The number of carboxylic acid groups (broad SMARTS) is 1. The van der Waals surface area contributed by atoms with Crippen LogP contribution >= 0.6 is 15.9 Å². The molecule has 134 valence electrons. The van der Waals surface area contributed by atoms with Crippen molar-refractivity contribution in [1.82, 2.24) is 0 Å². The van der Waals surface area contributed by atoms with Gasteiger partial charge < -0.3 is 15.3 Å². The molecule has 2 N–H and O–H groups in total. The molecule has 0 aromatic heterocycles. The predicted molar refractivity (Wildman–Crippen MR) is 96.4 cm³/mol. The molecule has 8 heteroatoms. The first-order valence-electron chi connectivity index (χ1n) is 7.68. The van der Waals surface area contributed by atoms with Crippen LogP contribution in [-0.2, 0) is 14.4 Å². The van der Waals surface area contributed by atoms with Gasteiger partial charge in [0.2, 0.25) is 5.60 Å². The van der Waals surface area contributed by atoms with Crippen LogP contribution in [0.4, 0.5) is 10.1 Å². The molecule has 0 fully saturated rings. The van der Waals surface area contributed by atoms with Crippen LogP contribution in [0.15, 0.2) is 58.2 Å². The second kappa shape index (κ2) is 7.25. The second-order valence-corrected chi connectivity index (χ2v) is 6.75. The molecule has 3 rings (SSSR count). The average Bonchev–Trinajstić information content (AvgIpc) is 3.02. The summed E-state index contributed by atoms with van der Waals surface area (Å²) in [6.45, 7) is 0. The van der Waals surface area contributed by atoms with E-state index >= 15 is 0 Å². The SMILES string of the molecule is O=C(O)C[C@]1(C(=O)Nc2ccc(F)cc2)CC(c2ccc(Br)cc2)=NO1. The molecule has 26 heavy (non-hydrogen) atoms. The van der Waals surface area contributed by atoms with Gasteiger partial charge in [-0.3, -0.25) is 9.59 Å². The fourth-order valence-electron chi connectivity index (χ4n) is 2.59. The molecular formula is C18H14BrFN2O4. The molecule has 1 heterocycles. The van der Waals surface area contributed by atoms with Crippen molar-refractivity contribution in [3.63, 3.8) is 0 Å². The molecule has 0 unspecified atom stereocenters. The van der Waals surface area contributed by atoms with Crippen LogP contribution in [0.1, 0.15) is 18.4 Å². The predicted octanol–water partition coefficient (Wildman–Crippen LogP) is 3.56. The molecule has 0 bridgehead atoms. The van der Waals surface area contributed by atoms with E-state index in [1.165, 1.54) is 24.3 Å². The van der Waals surface area contributed by atoms with Crippen molar-refractivity contribution in [2.45, 2.75) is 18.4 Å². The zero-order valence-corrected chi connectivity index (χ0v) is 15.0. The fraction of sp³-hybridized carbons (Fsp3) is 0.167. The quantitative estimate of drug-likeness (QED) is 0.773. The minimum absolute atomic E-state index is 0.00790. The standard InChI is InChI=1S/C18H14BrFN2O4/c19-12-3-1-11(2-4-12)15-9-18(26-22-15,10-16(23)24)17(25)21-14-7-5-13(20)6-8-14/h1-8H,9-10H2,(H,21,25)(H,23,24)/t18-/m0/s1. The third-order valence-electron chi connectivity index (χ3n) is 3.91. The van der Waals surface area contributed by atoms with Gasteiger partial charge >= 0.3 is 5.97 Å². The Labute approximate surface area is 156 Å². The number of hydrogen-bond acceptors (Lipinski definition) is 4. The van der Waals surface area contributed by atoms with Gasteiger partial charge in [-0.15, -0.1) is 0 Å². The van der Waals surface area contributed by atoms with Gasteiger partial charge in [0.25, 0.3) is 5.91 Å². The lowest BCUT2D eigenvalue weighted by atomic mass is 9.90. The molecule has 2 aromatic rings. The summed E-state index contributed by atoms with van der Waals surface area (Å²) >= 11 is 3.33. The number of carbonyl (C=O) groups excluding carboxylic acids is 1. The molecule has 1 aliphatic rings. The number of rotatable bonds is 5. The molecule has 0 saturated carbocycles. The summed E-state index contributed by atoms with van der Waals surface area (Å²) in [4.78, 5) is 29.3. The number of oxime groups is 1. The maximum absolute atomic E-state index is 13.0. The Morgan fingerprint density at radius 1 is 1.19 bits per heavy atom. The summed E-state index contributed by atoms with van der Waals surface area (Å²) in [7, 11) is 0. The Kier molecular flexibility index (Phi) is 5.03. The Hall–Kier alpha value is -2.74. The van der Waals surface area contributed by atoms with Gasteiger partial charge in [0.1, 0.15) is 5.82 Å². The normalized spacial score (nSPS) is 18.8. The summed E-state index contributed by atoms with van der Waals surface area (Å²) in [5.41, 5.74) is -0.118. The van der Waals surface area contributed by atoms with E-state index in [-0.39, 0.29) is 6.42 Å². The van der Waals surface area contributed by atoms with Gasteiger partial charge in [-0.1, -0.05) is 33.2 Å². The molecule has 0 radical (unpaired) electrons. The van der Waals surface area contributed by atoms with Crippen molar-refractivity contribution in [2.24, 2.45) is 5.16 Å². The van der Waals surface area contributed by atoms with Gasteiger partial charge in [0.15, 0.2) is 0 Å². The Morgan fingerprint density at radius 3 is 2.46 bits per heavy atom. The van der Waals surface area contributed by atoms with Crippen LogP contribution in [0.25, 0.3) is 0 Å². The number of nitrogens with zero attached hydrogens (tertiary/aromatic N) is 1. The summed E-state index contributed by atoms with van der Waals surface area (Å²) in [5.74, 6) is -2.28. The number of amides is 1. The van der Waals surface area contributed by atoms with Crippen LogP contribution in [-0.4, -0.2) is 28.3 Å². The number of nitrogens with one attached hydrogen (secondary N) is 1. The molecule has 0 spiro atoms. The smallest absolute Gasteiger partial charge is 0.308 e. The van der Waals surface area contributed by atoms with Crippen molar-refractivity contribution in [2.75, 3.05) is 5.32 Å². The minimum Gasteiger partial charge on any atom is -0.481 e. The largest absolute Gasteiger partial charge is 0.481 e. The van der Waals surface area contributed by atoms with Crippen LogP contribution in [0, 0.1) is 5.82 Å². The van der Waals surface area contributed by atoms with E-state index in [1.807, 2.05) is 12.1 Å². The second-order valence-electron chi connectivity index (χ2n) is 5.84. The number of anilines is 1. The lowest BCUT2D eigenvalue weighted by Gasteiger charge is -2.23. The maximum atomic E-state index is 13.0. The van der Waals surface area contributed by atoms with Crippen molar-refractivity contribution in [1.29, 1.82) is 0 Å². The molecular weight excluding hydrogens is 407 g/mol. The number of halogens is 2. The average molecular weight is 421 g/mol. The number of carbonyl (C=O) groups is 2. The molecule has 6 nitrogen and oxygen atoms in total. The van der Waals surface area contributed by atoms with Gasteiger partial charge in [0.05, 0.1) is 12.1 Å². The number of hydrogen-bond donors (Lipinski definition) is 2. The maximum Gasteiger partial charge on any atom is 0.308 e. The highest BCUT2D eigenvalue weighted by atomic mass is 79.9.